The summed E-state index contributed by atoms with van der Waals surface area (Å²) in [6.45, 7) is 5.20. The third-order valence-electron chi connectivity index (χ3n) is 6.53. The minimum Gasteiger partial charge on any atom is -0.364 e. The van der Waals surface area contributed by atoms with Crippen molar-refractivity contribution in [2.45, 2.75) is 38.7 Å². The number of pyridine rings is 1. The van der Waals surface area contributed by atoms with Gasteiger partial charge in [-0.05, 0) is 37.3 Å². The first-order valence-corrected chi connectivity index (χ1v) is 7.86. The van der Waals surface area contributed by atoms with Crippen molar-refractivity contribution in [1.29, 1.82) is 0 Å². The van der Waals surface area contributed by atoms with Crippen LogP contribution in [0, 0.1) is 16.7 Å². The lowest BCUT2D eigenvalue weighted by atomic mass is 9.66. The van der Waals surface area contributed by atoms with E-state index in [4.69, 9.17) is 16.3 Å². The first-order chi connectivity index (χ1) is 9.91. The summed E-state index contributed by atoms with van der Waals surface area (Å²) in [7, 11) is 0. The lowest BCUT2D eigenvalue weighted by Crippen LogP contribution is -2.52. The number of hydrogen-bond acceptors (Lipinski definition) is 3. The largest absolute Gasteiger partial charge is 0.364 e. The number of rotatable bonds is 2. The number of carbonyl (C=O) groups is 1. The van der Waals surface area contributed by atoms with E-state index in [0.29, 0.717) is 23.4 Å². The molecule has 2 saturated carbocycles. The molecule has 1 aromatic rings. The Hall–Kier alpha value is -1.13. The van der Waals surface area contributed by atoms with Crippen LogP contribution in [0.15, 0.2) is 18.3 Å². The van der Waals surface area contributed by atoms with E-state index in [1.807, 2.05) is 0 Å². The molecule has 4 bridgehead atoms. The molecule has 0 spiro atoms. The maximum absolute atomic E-state index is 12.9. The fraction of sp³-hybridized carbons (Fsp3) is 0.625. The van der Waals surface area contributed by atoms with E-state index in [2.05, 4.69) is 24.1 Å². The Morgan fingerprint density at radius 1 is 1.48 bits per heavy atom. The summed E-state index contributed by atoms with van der Waals surface area (Å²) in [6.07, 6.45) is 4.65. The van der Waals surface area contributed by atoms with Gasteiger partial charge in [-0.25, -0.2) is 4.98 Å². The number of anilines is 1. The molecule has 1 saturated heterocycles. The molecule has 0 aromatic carbocycles. The van der Waals surface area contributed by atoms with Gasteiger partial charge in [0, 0.05) is 17.0 Å². The normalized spacial score (nSPS) is 43.3. The smallest absolute Gasteiger partial charge is 0.258 e. The summed E-state index contributed by atoms with van der Waals surface area (Å²) in [5.74, 6) is 1.08. The van der Waals surface area contributed by atoms with Crippen molar-refractivity contribution in [2.24, 2.45) is 16.7 Å². The van der Waals surface area contributed by atoms with E-state index in [-0.39, 0.29) is 16.7 Å². The topological polar surface area (TPSA) is 51.2 Å². The Balaban J connectivity index is 1.65. The second-order valence-electron chi connectivity index (χ2n) is 7.12. The monoisotopic (exact) mass is 306 g/mol. The van der Waals surface area contributed by atoms with Crippen LogP contribution in [0.25, 0.3) is 0 Å². The molecule has 1 amide bonds. The average molecular weight is 307 g/mol. The maximum atomic E-state index is 12.9. The standard InChI is InChI=1S/C16H19ClN2O2/c1-14-9-21-16(7-10(14)5-6-15(14,16)2)13(20)19-12-4-3-11(17)8-18-12/h3-4,8,10H,5-7,9H2,1-2H3,(H,18,19,20)/t10-,14+,15+,16+/m1/s1. The highest BCUT2D eigenvalue weighted by molar-refractivity contribution is 6.30. The number of amides is 1. The van der Waals surface area contributed by atoms with E-state index >= 15 is 0 Å². The van der Waals surface area contributed by atoms with E-state index in [1.54, 1.807) is 12.1 Å². The Morgan fingerprint density at radius 2 is 2.29 bits per heavy atom. The van der Waals surface area contributed by atoms with Crippen molar-refractivity contribution < 1.29 is 9.53 Å². The zero-order valence-electron chi connectivity index (χ0n) is 12.3. The molecule has 4 rings (SSSR count). The number of hydrogen-bond donors (Lipinski definition) is 1. The number of carbonyl (C=O) groups excluding carboxylic acids is 1. The third-order valence-corrected chi connectivity index (χ3v) is 6.76. The predicted molar refractivity (Wildman–Crippen MR) is 80.1 cm³/mol. The van der Waals surface area contributed by atoms with Gasteiger partial charge in [0.05, 0.1) is 11.6 Å². The quantitative estimate of drug-likeness (QED) is 0.912. The van der Waals surface area contributed by atoms with Gasteiger partial charge >= 0.3 is 0 Å². The van der Waals surface area contributed by atoms with Gasteiger partial charge in [0.2, 0.25) is 0 Å². The van der Waals surface area contributed by atoms with Crippen LogP contribution in [0.3, 0.4) is 0 Å². The molecule has 1 N–H and O–H groups in total. The van der Waals surface area contributed by atoms with Crippen LogP contribution < -0.4 is 5.32 Å². The first kappa shape index (κ1) is 13.5. The number of halogens is 1. The van der Waals surface area contributed by atoms with Gasteiger partial charge in [-0.3, -0.25) is 4.79 Å². The second-order valence-corrected chi connectivity index (χ2v) is 7.56. The van der Waals surface area contributed by atoms with Crippen LogP contribution in [-0.4, -0.2) is 23.1 Å². The van der Waals surface area contributed by atoms with Gasteiger partial charge in [-0.2, -0.15) is 0 Å². The van der Waals surface area contributed by atoms with Crippen molar-refractivity contribution in [3.8, 4) is 0 Å². The van der Waals surface area contributed by atoms with Crippen LogP contribution in [0.2, 0.25) is 5.02 Å². The molecule has 112 valence electrons. The molecule has 1 aromatic heterocycles. The van der Waals surface area contributed by atoms with E-state index in [0.717, 1.165) is 12.8 Å². The molecule has 0 radical (unpaired) electrons. The van der Waals surface area contributed by atoms with E-state index in [1.165, 1.54) is 12.6 Å². The molecule has 2 aliphatic carbocycles. The van der Waals surface area contributed by atoms with Crippen LogP contribution in [0.4, 0.5) is 5.82 Å². The highest BCUT2D eigenvalue weighted by atomic mass is 35.5. The first-order valence-electron chi connectivity index (χ1n) is 7.48. The Morgan fingerprint density at radius 3 is 2.90 bits per heavy atom. The molecule has 3 aliphatic rings. The van der Waals surface area contributed by atoms with Crippen molar-refractivity contribution in [3.05, 3.63) is 23.4 Å². The third kappa shape index (κ3) is 1.45. The summed E-state index contributed by atoms with van der Waals surface area (Å²) in [6, 6.07) is 3.45. The number of ether oxygens (including phenoxy) is 1. The van der Waals surface area contributed by atoms with E-state index < -0.39 is 5.60 Å². The van der Waals surface area contributed by atoms with Crippen molar-refractivity contribution in [3.63, 3.8) is 0 Å². The molecule has 2 heterocycles. The molecule has 0 unspecified atom stereocenters. The summed E-state index contributed by atoms with van der Waals surface area (Å²) in [5.41, 5.74) is -0.620. The molecular formula is C16H19ClN2O2. The molecule has 1 aliphatic heterocycles. The van der Waals surface area contributed by atoms with Gasteiger partial charge in [-0.1, -0.05) is 25.4 Å². The summed E-state index contributed by atoms with van der Waals surface area (Å²) in [4.78, 5) is 17.1. The van der Waals surface area contributed by atoms with Crippen LogP contribution in [0.5, 0.6) is 0 Å². The van der Waals surface area contributed by atoms with Crippen molar-refractivity contribution in [1.82, 2.24) is 4.98 Å². The summed E-state index contributed by atoms with van der Waals surface area (Å²) in [5, 5.41) is 3.48. The highest BCUT2D eigenvalue weighted by Crippen LogP contribution is 2.75. The lowest BCUT2D eigenvalue weighted by molar-refractivity contribution is -0.149. The second kappa shape index (κ2) is 3.99. The predicted octanol–water partition coefficient (Wildman–Crippen LogP) is 3.27. The maximum Gasteiger partial charge on any atom is 0.258 e. The molecule has 5 heteroatoms. The Kier molecular flexibility index (Phi) is 2.57. The minimum absolute atomic E-state index is 0.0502. The molecule has 3 fully saturated rings. The highest BCUT2D eigenvalue weighted by Gasteiger charge is 2.78. The molecule has 21 heavy (non-hydrogen) atoms. The van der Waals surface area contributed by atoms with Crippen LogP contribution in [-0.2, 0) is 9.53 Å². The number of aromatic nitrogens is 1. The van der Waals surface area contributed by atoms with Crippen molar-refractivity contribution in [2.75, 3.05) is 11.9 Å². The van der Waals surface area contributed by atoms with E-state index in [9.17, 15) is 4.79 Å². The molecule has 4 atom stereocenters. The van der Waals surface area contributed by atoms with Gasteiger partial charge < -0.3 is 10.1 Å². The van der Waals surface area contributed by atoms with Crippen LogP contribution in [0.1, 0.15) is 33.1 Å². The average Bonchev–Trinajstić information content (AvgIpc) is 2.93. The SMILES string of the molecule is C[C@@]12CC[C@@H]3C[C@@]1(C(=O)Nc1ccc(Cl)cn1)OC[C@@]32C. The van der Waals surface area contributed by atoms with Gasteiger partial charge in [-0.15, -0.1) is 0 Å². The van der Waals surface area contributed by atoms with Crippen LogP contribution >= 0.6 is 11.6 Å². The Bertz CT molecular complexity index is 619. The fourth-order valence-electron chi connectivity index (χ4n) is 4.92. The minimum atomic E-state index is -0.689. The zero-order chi connectivity index (χ0) is 14.9. The summed E-state index contributed by atoms with van der Waals surface area (Å²) >= 11 is 5.83. The Labute approximate surface area is 129 Å². The van der Waals surface area contributed by atoms with Crippen molar-refractivity contribution >= 4 is 23.3 Å². The number of nitrogens with one attached hydrogen (secondary N) is 1. The van der Waals surface area contributed by atoms with Gasteiger partial charge in [0.15, 0.2) is 5.60 Å². The molecule has 4 nitrogen and oxygen atoms in total. The number of nitrogens with zero attached hydrogens (tertiary/aromatic N) is 1. The summed E-state index contributed by atoms with van der Waals surface area (Å²) < 4.78 is 6.07. The van der Waals surface area contributed by atoms with Gasteiger partial charge in [0.1, 0.15) is 5.82 Å². The molecular weight excluding hydrogens is 288 g/mol. The fourth-order valence-corrected chi connectivity index (χ4v) is 5.04. The van der Waals surface area contributed by atoms with Gasteiger partial charge in [0.25, 0.3) is 5.91 Å². The lowest BCUT2D eigenvalue weighted by Gasteiger charge is -2.39. The zero-order valence-corrected chi connectivity index (χ0v) is 13.0.